The van der Waals surface area contributed by atoms with Crippen molar-refractivity contribution in [3.8, 4) is 0 Å². The molecule has 0 saturated heterocycles. The molecule has 0 saturated carbocycles. The number of nitrogens with zero attached hydrogens (tertiary/aromatic N) is 1. The summed E-state index contributed by atoms with van der Waals surface area (Å²) in [7, 11) is 0. The summed E-state index contributed by atoms with van der Waals surface area (Å²) in [6.07, 6.45) is 3.44. The Morgan fingerprint density at radius 2 is 1.72 bits per heavy atom. The normalized spacial score (nSPS) is 11.6. The van der Waals surface area contributed by atoms with Gasteiger partial charge in [0.15, 0.2) is 0 Å². The summed E-state index contributed by atoms with van der Waals surface area (Å²) in [6.45, 7) is 9.07. The van der Waals surface area contributed by atoms with Crippen molar-refractivity contribution in [2.75, 3.05) is 19.8 Å². The van der Waals surface area contributed by atoms with Crippen molar-refractivity contribution in [1.82, 2.24) is 9.88 Å². The predicted octanol–water partition coefficient (Wildman–Crippen LogP) is 5.11. The van der Waals surface area contributed by atoms with Crippen molar-refractivity contribution in [3.63, 3.8) is 0 Å². The highest BCUT2D eigenvalue weighted by atomic mass is 16.5. The van der Waals surface area contributed by atoms with Gasteiger partial charge in [0.1, 0.15) is 0 Å². The van der Waals surface area contributed by atoms with Crippen molar-refractivity contribution < 1.29 is 4.74 Å². The maximum absolute atomic E-state index is 5.60. The van der Waals surface area contributed by atoms with Gasteiger partial charge in [-0.05, 0) is 50.1 Å². The summed E-state index contributed by atoms with van der Waals surface area (Å²) < 4.78 is 8.00. The summed E-state index contributed by atoms with van der Waals surface area (Å²) in [6, 6.07) is 15.6. The zero-order chi connectivity index (χ0) is 17.5. The minimum Gasteiger partial charge on any atom is -0.381 e. The highest BCUT2D eigenvalue weighted by Gasteiger charge is 2.09. The van der Waals surface area contributed by atoms with Gasteiger partial charge in [-0.25, -0.2) is 0 Å². The van der Waals surface area contributed by atoms with Crippen LogP contribution in [0.15, 0.2) is 42.5 Å². The maximum Gasteiger partial charge on any atom is 0.0491 e. The molecule has 0 aliphatic rings. The van der Waals surface area contributed by atoms with Crippen molar-refractivity contribution in [2.24, 2.45) is 0 Å². The van der Waals surface area contributed by atoms with Crippen LogP contribution in [0, 0.1) is 0 Å². The van der Waals surface area contributed by atoms with E-state index >= 15 is 0 Å². The van der Waals surface area contributed by atoms with Crippen LogP contribution in [0.2, 0.25) is 0 Å². The summed E-state index contributed by atoms with van der Waals surface area (Å²) >= 11 is 0. The number of aryl methyl sites for hydroxylation is 1. The number of hydrogen-bond donors (Lipinski definition) is 1. The van der Waals surface area contributed by atoms with Crippen molar-refractivity contribution in [3.05, 3.63) is 48.0 Å². The Morgan fingerprint density at radius 1 is 0.920 bits per heavy atom. The van der Waals surface area contributed by atoms with Crippen LogP contribution in [0.1, 0.15) is 38.7 Å². The average molecular weight is 338 g/mol. The van der Waals surface area contributed by atoms with Crippen LogP contribution in [-0.2, 0) is 17.8 Å². The van der Waals surface area contributed by atoms with E-state index in [0.717, 1.165) is 39.3 Å². The lowest BCUT2D eigenvalue weighted by Crippen LogP contribution is -2.16. The summed E-state index contributed by atoms with van der Waals surface area (Å²) in [4.78, 5) is 0. The number of unbranched alkanes of at least 4 members (excludes halogenated alkanes) is 1. The van der Waals surface area contributed by atoms with Gasteiger partial charge in [-0.2, -0.15) is 0 Å². The first-order valence-electron chi connectivity index (χ1n) is 9.63. The number of rotatable bonds is 10. The van der Waals surface area contributed by atoms with E-state index in [1.165, 1.54) is 40.2 Å². The monoisotopic (exact) mass is 338 g/mol. The van der Waals surface area contributed by atoms with Gasteiger partial charge in [0.05, 0.1) is 0 Å². The maximum atomic E-state index is 5.60. The van der Waals surface area contributed by atoms with Crippen molar-refractivity contribution >= 4 is 21.8 Å². The highest BCUT2D eigenvalue weighted by Crippen LogP contribution is 2.29. The molecule has 0 bridgehead atoms. The molecule has 2 aromatic carbocycles. The fourth-order valence-corrected chi connectivity index (χ4v) is 3.43. The van der Waals surface area contributed by atoms with E-state index in [1.807, 2.05) is 0 Å². The lowest BCUT2D eigenvalue weighted by molar-refractivity contribution is 0.129. The Kier molecular flexibility index (Phi) is 6.48. The molecule has 25 heavy (non-hydrogen) atoms. The second-order valence-electron chi connectivity index (χ2n) is 6.61. The lowest BCUT2D eigenvalue weighted by Gasteiger charge is -2.07. The Balaban J connectivity index is 1.61. The van der Waals surface area contributed by atoms with Crippen LogP contribution < -0.4 is 5.32 Å². The van der Waals surface area contributed by atoms with Gasteiger partial charge in [-0.3, -0.25) is 0 Å². The van der Waals surface area contributed by atoms with E-state index in [4.69, 9.17) is 4.74 Å². The smallest absolute Gasteiger partial charge is 0.0491 e. The third-order valence-electron chi connectivity index (χ3n) is 4.77. The molecule has 0 fully saturated rings. The van der Waals surface area contributed by atoms with Crippen molar-refractivity contribution in [2.45, 2.75) is 46.2 Å². The molecule has 0 unspecified atom stereocenters. The standard InChI is InChI=1S/C22H30N2O/c1-3-5-14-25-15-8-13-23-17-18-11-12-22-20(16-18)19-9-6-7-10-21(19)24(22)4-2/h6-7,9-12,16,23H,3-5,8,13-15,17H2,1-2H3. The number of ether oxygens (including phenoxy) is 1. The van der Waals surface area contributed by atoms with Gasteiger partial charge in [0.2, 0.25) is 0 Å². The fraction of sp³-hybridized carbons (Fsp3) is 0.455. The van der Waals surface area contributed by atoms with E-state index in [2.05, 4.69) is 66.2 Å². The number of benzene rings is 2. The molecule has 3 rings (SSSR count). The summed E-state index contributed by atoms with van der Waals surface area (Å²) in [5.74, 6) is 0. The van der Waals surface area contributed by atoms with Gasteiger partial charge in [-0.1, -0.05) is 37.6 Å². The first-order valence-corrected chi connectivity index (χ1v) is 9.63. The van der Waals surface area contributed by atoms with Crippen LogP contribution in [0.4, 0.5) is 0 Å². The van der Waals surface area contributed by atoms with Gasteiger partial charge >= 0.3 is 0 Å². The molecule has 3 nitrogen and oxygen atoms in total. The molecule has 0 aliphatic carbocycles. The number of aromatic nitrogens is 1. The topological polar surface area (TPSA) is 26.2 Å². The van der Waals surface area contributed by atoms with Gasteiger partial charge in [0, 0.05) is 48.1 Å². The molecular formula is C22H30N2O. The largest absolute Gasteiger partial charge is 0.381 e. The van der Waals surface area contributed by atoms with E-state index in [1.54, 1.807) is 0 Å². The number of para-hydroxylation sites is 1. The third-order valence-corrected chi connectivity index (χ3v) is 4.77. The lowest BCUT2D eigenvalue weighted by atomic mass is 10.1. The summed E-state index contributed by atoms with van der Waals surface area (Å²) in [5.41, 5.74) is 4.00. The molecule has 0 amide bonds. The van der Waals surface area contributed by atoms with E-state index < -0.39 is 0 Å². The fourth-order valence-electron chi connectivity index (χ4n) is 3.43. The third kappa shape index (κ3) is 4.23. The molecule has 3 heteroatoms. The Morgan fingerprint density at radius 3 is 2.56 bits per heavy atom. The molecule has 1 heterocycles. The molecule has 1 N–H and O–H groups in total. The molecular weight excluding hydrogens is 308 g/mol. The molecule has 1 aromatic heterocycles. The molecule has 134 valence electrons. The quantitative estimate of drug-likeness (QED) is 0.520. The Labute approximate surface area is 151 Å². The molecule has 3 aromatic rings. The average Bonchev–Trinajstić information content (AvgIpc) is 2.97. The SMILES string of the molecule is CCCCOCCCNCc1ccc2c(c1)c1ccccc1n2CC. The summed E-state index contributed by atoms with van der Waals surface area (Å²) in [5, 5.41) is 6.25. The van der Waals surface area contributed by atoms with Crippen LogP contribution in [0.25, 0.3) is 21.8 Å². The molecule has 0 atom stereocenters. The van der Waals surface area contributed by atoms with Crippen LogP contribution in [0.3, 0.4) is 0 Å². The Bertz CT molecular complexity index is 806. The number of hydrogen-bond acceptors (Lipinski definition) is 2. The van der Waals surface area contributed by atoms with E-state index in [-0.39, 0.29) is 0 Å². The highest BCUT2D eigenvalue weighted by molar-refractivity contribution is 6.08. The van der Waals surface area contributed by atoms with Crippen molar-refractivity contribution in [1.29, 1.82) is 0 Å². The zero-order valence-corrected chi connectivity index (χ0v) is 15.6. The first kappa shape index (κ1) is 18.0. The Hall–Kier alpha value is -1.84. The predicted molar refractivity (Wildman–Crippen MR) is 107 cm³/mol. The van der Waals surface area contributed by atoms with Crippen LogP contribution >= 0.6 is 0 Å². The first-order chi connectivity index (χ1) is 12.3. The van der Waals surface area contributed by atoms with Gasteiger partial charge in [0.25, 0.3) is 0 Å². The zero-order valence-electron chi connectivity index (χ0n) is 15.6. The number of nitrogens with one attached hydrogen (secondary N) is 1. The minimum absolute atomic E-state index is 0.857. The second kappa shape index (κ2) is 9.02. The molecule has 0 radical (unpaired) electrons. The number of fused-ring (bicyclic) bond motifs is 3. The van der Waals surface area contributed by atoms with E-state index in [9.17, 15) is 0 Å². The van der Waals surface area contributed by atoms with E-state index in [0.29, 0.717) is 0 Å². The van der Waals surface area contributed by atoms with Crippen LogP contribution in [0.5, 0.6) is 0 Å². The van der Waals surface area contributed by atoms with Crippen LogP contribution in [-0.4, -0.2) is 24.3 Å². The minimum atomic E-state index is 0.857. The molecule has 0 spiro atoms. The second-order valence-corrected chi connectivity index (χ2v) is 6.61. The van der Waals surface area contributed by atoms with Gasteiger partial charge in [-0.15, -0.1) is 0 Å². The molecule has 0 aliphatic heterocycles. The van der Waals surface area contributed by atoms with Gasteiger partial charge < -0.3 is 14.6 Å².